The highest BCUT2D eigenvalue weighted by Gasteiger charge is 2.50. The fourth-order valence-electron chi connectivity index (χ4n) is 5.43. The van der Waals surface area contributed by atoms with Crippen LogP contribution in [-0.4, -0.2) is 33.6 Å². The summed E-state index contributed by atoms with van der Waals surface area (Å²) in [5.41, 5.74) is 1.99. The van der Waals surface area contributed by atoms with Gasteiger partial charge in [-0.2, -0.15) is 0 Å². The lowest BCUT2D eigenvalue weighted by Crippen LogP contribution is -2.42. The van der Waals surface area contributed by atoms with Crippen LogP contribution >= 0.6 is 0 Å². The first-order valence-electron chi connectivity index (χ1n) is 10.2. The van der Waals surface area contributed by atoms with Gasteiger partial charge in [0.1, 0.15) is 0 Å². The second kappa shape index (κ2) is 6.49. The summed E-state index contributed by atoms with van der Waals surface area (Å²) in [7, 11) is 2.00. The van der Waals surface area contributed by atoms with Crippen molar-refractivity contribution in [3.8, 4) is 0 Å². The fraction of sp³-hybridized carbons (Fsp3) is 0.375. The monoisotopic (exact) mass is 374 g/mol. The summed E-state index contributed by atoms with van der Waals surface area (Å²) in [6.45, 7) is 1.36. The number of fused-ring (bicyclic) bond motifs is 2. The molecule has 28 heavy (non-hydrogen) atoms. The minimum atomic E-state index is -0.835. The number of nitrogens with zero attached hydrogens (tertiary/aromatic N) is 2. The zero-order valence-electron chi connectivity index (χ0n) is 16.2. The Balaban J connectivity index is 1.46. The molecule has 1 aliphatic carbocycles. The van der Waals surface area contributed by atoms with E-state index in [9.17, 15) is 9.90 Å². The normalized spacial score (nSPS) is 27.1. The molecule has 5 rings (SSSR count). The lowest BCUT2D eigenvalue weighted by atomic mass is 9.67. The van der Waals surface area contributed by atoms with Crippen molar-refractivity contribution in [1.82, 2.24) is 9.47 Å². The Kier molecular flexibility index (Phi) is 4.06. The molecule has 2 heterocycles. The lowest BCUT2D eigenvalue weighted by molar-refractivity contribution is -0.0644. The number of amides is 1. The van der Waals surface area contributed by atoms with Gasteiger partial charge in [0.05, 0.1) is 5.60 Å². The van der Waals surface area contributed by atoms with Crippen LogP contribution in [-0.2, 0) is 12.6 Å². The predicted molar refractivity (Wildman–Crippen MR) is 110 cm³/mol. The van der Waals surface area contributed by atoms with E-state index in [0.29, 0.717) is 12.5 Å². The molecule has 3 atom stereocenters. The molecule has 0 bridgehead atoms. The second-order valence-corrected chi connectivity index (χ2v) is 8.42. The van der Waals surface area contributed by atoms with Crippen LogP contribution in [0.15, 0.2) is 60.8 Å². The minimum Gasteiger partial charge on any atom is -0.385 e. The lowest BCUT2D eigenvalue weighted by Gasteiger charge is -2.41. The van der Waals surface area contributed by atoms with E-state index in [1.807, 2.05) is 77.3 Å². The van der Waals surface area contributed by atoms with Gasteiger partial charge >= 0.3 is 0 Å². The number of hydrogen-bond acceptors (Lipinski definition) is 2. The maximum absolute atomic E-state index is 13.4. The molecule has 0 unspecified atom stereocenters. The molecule has 1 saturated heterocycles. The number of aryl methyl sites for hydroxylation is 1. The Labute approximate surface area is 165 Å². The third kappa shape index (κ3) is 2.59. The third-order valence-electron chi connectivity index (χ3n) is 6.91. The van der Waals surface area contributed by atoms with Crippen molar-refractivity contribution in [1.29, 1.82) is 0 Å². The van der Waals surface area contributed by atoms with Gasteiger partial charge in [-0.25, -0.2) is 0 Å². The molecule has 1 saturated carbocycles. The smallest absolute Gasteiger partial charge is 0.254 e. The average Bonchev–Trinajstić information content (AvgIpc) is 3.33. The number of benzene rings is 2. The number of aliphatic hydroxyl groups is 1. The van der Waals surface area contributed by atoms with Crippen LogP contribution in [0.5, 0.6) is 0 Å². The Hall–Kier alpha value is -2.59. The molecular formula is C24H26N2O2. The van der Waals surface area contributed by atoms with Gasteiger partial charge in [-0.3, -0.25) is 4.79 Å². The fourth-order valence-corrected chi connectivity index (χ4v) is 5.43. The van der Waals surface area contributed by atoms with Crippen LogP contribution in [0.3, 0.4) is 0 Å². The molecule has 144 valence electrons. The van der Waals surface area contributed by atoms with Gasteiger partial charge in [-0.15, -0.1) is 0 Å². The number of likely N-dealkylation sites (tertiary alicyclic amines) is 1. The highest BCUT2D eigenvalue weighted by molar-refractivity contribution is 6.06. The molecule has 0 spiro atoms. The van der Waals surface area contributed by atoms with E-state index in [0.717, 1.165) is 47.8 Å². The van der Waals surface area contributed by atoms with Crippen LogP contribution in [0.1, 0.15) is 35.2 Å². The first kappa shape index (κ1) is 17.5. The zero-order chi connectivity index (χ0) is 19.3. The molecule has 2 fully saturated rings. The summed E-state index contributed by atoms with van der Waals surface area (Å²) in [5.74, 6) is 0.544. The number of aromatic nitrogens is 1. The standard InChI is InChI=1S/C24H26N2O2/c1-25-14-12-19-20(10-5-11-22(19)25)23(27)26-15-17-7-6-13-24(28,21(17)16-26)18-8-3-2-4-9-18/h2-5,8-12,14,17,21,28H,6-7,13,15-16H2,1H3/t17-,21+,24+/m1/s1. The third-order valence-corrected chi connectivity index (χ3v) is 6.91. The quantitative estimate of drug-likeness (QED) is 0.738. The predicted octanol–water partition coefficient (Wildman–Crippen LogP) is 3.94. The molecule has 2 aliphatic rings. The van der Waals surface area contributed by atoms with E-state index in [4.69, 9.17) is 0 Å². The summed E-state index contributed by atoms with van der Waals surface area (Å²) in [5, 5.41) is 12.6. The van der Waals surface area contributed by atoms with Gasteiger partial charge in [-0.05, 0) is 48.9 Å². The van der Waals surface area contributed by atoms with E-state index in [2.05, 4.69) is 0 Å². The average molecular weight is 374 g/mol. The van der Waals surface area contributed by atoms with Crippen LogP contribution in [0.2, 0.25) is 0 Å². The number of rotatable bonds is 2. The molecule has 0 radical (unpaired) electrons. The molecule has 1 amide bonds. The number of carbonyl (C=O) groups excluding carboxylic acids is 1. The van der Waals surface area contributed by atoms with E-state index < -0.39 is 5.60 Å². The topological polar surface area (TPSA) is 45.5 Å². The van der Waals surface area contributed by atoms with Gasteiger partial charge in [0.15, 0.2) is 0 Å². The molecule has 2 aromatic carbocycles. The molecular weight excluding hydrogens is 348 g/mol. The van der Waals surface area contributed by atoms with Crippen molar-refractivity contribution < 1.29 is 9.90 Å². The zero-order valence-corrected chi connectivity index (χ0v) is 16.2. The molecule has 1 aromatic heterocycles. The maximum atomic E-state index is 13.4. The summed E-state index contributed by atoms with van der Waals surface area (Å²) in [4.78, 5) is 15.4. The highest BCUT2D eigenvalue weighted by Crippen LogP contribution is 2.48. The van der Waals surface area contributed by atoms with Gasteiger partial charge in [0.25, 0.3) is 5.91 Å². The molecule has 3 aromatic rings. The Bertz CT molecular complexity index is 1030. The van der Waals surface area contributed by atoms with Crippen molar-refractivity contribution in [3.05, 3.63) is 71.9 Å². The van der Waals surface area contributed by atoms with E-state index in [1.165, 1.54) is 0 Å². The highest BCUT2D eigenvalue weighted by atomic mass is 16.3. The van der Waals surface area contributed by atoms with Crippen LogP contribution in [0.25, 0.3) is 10.9 Å². The number of hydrogen-bond donors (Lipinski definition) is 1. The van der Waals surface area contributed by atoms with Gasteiger partial charge in [0.2, 0.25) is 0 Å². The van der Waals surface area contributed by atoms with Crippen LogP contribution in [0.4, 0.5) is 0 Å². The van der Waals surface area contributed by atoms with Crippen molar-refractivity contribution in [2.75, 3.05) is 13.1 Å². The van der Waals surface area contributed by atoms with E-state index in [-0.39, 0.29) is 11.8 Å². The van der Waals surface area contributed by atoms with Crippen LogP contribution < -0.4 is 0 Å². The van der Waals surface area contributed by atoms with Crippen molar-refractivity contribution in [2.24, 2.45) is 18.9 Å². The first-order valence-corrected chi connectivity index (χ1v) is 10.2. The molecule has 1 aliphatic heterocycles. The summed E-state index contributed by atoms with van der Waals surface area (Å²) in [6, 6.07) is 18.0. The first-order chi connectivity index (χ1) is 13.6. The number of carbonyl (C=O) groups is 1. The van der Waals surface area contributed by atoms with Gasteiger partial charge < -0.3 is 14.6 Å². The Morgan fingerprint density at radius 1 is 1.07 bits per heavy atom. The van der Waals surface area contributed by atoms with Crippen molar-refractivity contribution in [2.45, 2.75) is 24.9 Å². The Morgan fingerprint density at radius 2 is 1.89 bits per heavy atom. The van der Waals surface area contributed by atoms with Gasteiger partial charge in [-0.1, -0.05) is 36.4 Å². The molecule has 4 nitrogen and oxygen atoms in total. The van der Waals surface area contributed by atoms with E-state index in [1.54, 1.807) is 0 Å². The summed E-state index contributed by atoms with van der Waals surface area (Å²) >= 11 is 0. The van der Waals surface area contributed by atoms with Crippen LogP contribution in [0, 0.1) is 11.8 Å². The van der Waals surface area contributed by atoms with Crippen molar-refractivity contribution in [3.63, 3.8) is 0 Å². The summed E-state index contributed by atoms with van der Waals surface area (Å²) in [6.07, 6.45) is 4.86. The Morgan fingerprint density at radius 3 is 2.71 bits per heavy atom. The largest absolute Gasteiger partial charge is 0.385 e. The van der Waals surface area contributed by atoms with Gasteiger partial charge in [0, 0.05) is 48.7 Å². The SMILES string of the molecule is Cn1ccc2c(C(=O)N3C[C@H]4CCC[C@](O)(c5ccccc5)[C@H]4C3)cccc21. The van der Waals surface area contributed by atoms with Crippen molar-refractivity contribution >= 4 is 16.8 Å². The molecule has 4 heteroatoms. The maximum Gasteiger partial charge on any atom is 0.254 e. The molecule has 1 N–H and O–H groups in total. The van der Waals surface area contributed by atoms with E-state index >= 15 is 0 Å². The second-order valence-electron chi connectivity index (χ2n) is 8.42. The summed E-state index contributed by atoms with van der Waals surface area (Å²) < 4.78 is 2.05. The minimum absolute atomic E-state index is 0.0848.